The fourth-order valence-electron chi connectivity index (χ4n) is 2.58. The fourth-order valence-corrected chi connectivity index (χ4v) is 2.58. The highest BCUT2D eigenvalue weighted by Gasteiger charge is 2.33. The van der Waals surface area contributed by atoms with E-state index in [4.69, 9.17) is 0 Å². The van der Waals surface area contributed by atoms with E-state index >= 15 is 0 Å². The van der Waals surface area contributed by atoms with Crippen molar-refractivity contribution in [2.45, 2.75) is 45.2 Å². The third-order valence-corrected chi connectivity index (χ3v) is 3.95. The van der Waals surface area contributed by atoms with E-state index in [2.05, 4.69) is 10.3 Å². The summed E-state index contributed by atoms with van der Waals surface area (Å²) in [5.41, 5.74) is -0.911. The molecule has 1 unspecified atom stereocenters. The smallest absolute Gasteiger partial charge is 0.329 e. The molecule has 0 radical (unpaired) electrons. The van der Waals surface area contributed by atoms with Crippen molar-refractivity contribution in [2.75, 3.05) is 0 Å². The Kier molecular flexibility index (Phi) is 5.33. The number of benzene rings is 1. The summed E-state index contributed by atoms with van der Waals surface area (Å²) in [6, 6.07) is 6.99. The van der Waals surface area contributed by atoms with Crippen molar-refractivity contribution in [1.29, 1.82) is 0 Å². The highest BCUT2D eigenvalue weighted by Crippen LogP contribution is 2.13. The molecule has 1 atom stereocenters. The summed E-state index contributed by atoms with van der Waals surface area (Å²) >= 11 is 0. The van der Waals surface area contributed by atoms with E-state index in [9.17, 15) is 19.5 Å². The molecule has 7 heteroatoms. The van der Waals surface area contributed by atoms with Gasteiger partial charge in [0.2, 0.25) is 5.91 Å². The number of carboxylic acids is 1. The second kappa shape index (κ2) is 7.25. The standard InChI is InChI=1S/C17H21N3O4/c1-3-9-17(2,16(23)24)19-14(21)8-10-20-11-18-13-7-5-4-6-12(13)15(20)22/h4-7,11H,3,8-10H2,1-2H3,(H,19,21)(H,23,24). The molecule has 24 heavy (non-hydrogen) atoms. The Morgan fingerprint density at radius 1 is 1.33 bits per heavy atom. The van der Waals surface area contributed by atoms with Crippen molar-refractivity contribution < 1.29 is 14.7 Å². The van der Waals surface area contributed by atoms with Gasteiger partial charge in [0, 0.05) is 13.0 Å². The zero-order valence-corrected chi connectivity index (χ0v) is 13.8. The van der Waals surface area contributed by atoms with E-state index in [1.807, 2.05) is 6.92 Å². The van der Waals surface area contributed by atoms with Crippen LogP contribution in [0, 0.1) is 0 Å². The summed E-state index contributed by atoms with van der Waals surface area (Å²) in [4.78, 5) is 39.9. The van der Waals surface area contributed by atoms with Crippen molar-refractivity contribution in [3.63, 3.8) is 0 Å². The monoisotopic (exact) mass is 331 g/mol. The molecule has 1 amide bonds. The lowest BCUT2D eigenvalue weighted by Gasteiger charge is -2.25. The van der Waals surface area contributed by atoms with E-state index in [0.29, 0.717) is 23.7 Å². The van der Waals surface area contributed by atoms with E-state index in [1.165, 1.54) is 17.8 Å². The number of carbonyl (C=O) groups excluding carboxylic acids is 1. The Balaban J connectivity index is 2.08. The number of para-hydroxylation sites is 1. The molecule has 0 aliphatic carbocycles. The summed E-state index contributed by atoms with van der Waals surface area (Å²) < 4.78 is 1.36. The van der Waals surface area contributed by atoms with Gasteiger partial charge in [-0.05, 0) is 25.5 Å². The highest BCUT2D eigenvalue weighted by molar-refractivity contribution is 5.86. The molecule has 2 rings (SSSR count). The number of hydrogen-bond acceptors (Lipinski definition) is 4. The molecule has 0 fully saturated rings. The number of amides is 1. The van der Waals surface area contributed by atoms with Crippen molar-refractivity contribution in [3.05, 3.63) is 40.9 Å². The molecule has 0 aliphatic rings. The zero-order valence-electron chi connectivity index (χ0n) is 13.8. The average Bonchev–Trinajstić information content (AvgIpc) is 2.54. The van der Waals surface area contributed by atoms with Gasteiger partial charge in [-0.1, -0.05) is 25.5 Å². The number of nitrogens with one attached hydrogen (secondary N) is 1. The Morgan fingerprint density at radius 3 is 2.71 bits per heavy atom. The number of aryl methyl sites for hydroxylation is 1. The number of aliphatic carboxylic acids is 1. The molecule has 0 saturated carbocycles. The maximum Gasteiger partial charge on any atom is 0.329 e. The van der Waals surface area contributed by atoms with Gasteiger partial charge in [-0.15, -0.1) is 0 Å². The van der Waals surface area contributed by atoms with Crippen LogP contribution in [-0.2, 0) is 16.1 Å². The van der Waals surface area contributed by atoms with Gasteiger partial charge in [0.05, 0.1) is 17.2 Å². The van der Waals surface area contributed by atoms with Gasteiger partial charge >= 0.3 is 5.97 Å². The number of carboxylic acid groups (broad SMARTS) is 1. The van der Waals surface area contributed by atoms with Crippen molar-refractivity contribution >= 4 is 22.8 Å². The lowest BCUT2D eigenvalue weighted by atomic mass is 9.96. The number of fused-ring (bicyclic) bond motifs is 1. The van der Waals surface area contributed by atoms with Gasteiger partial charge in [-0.25, -0.2) is 9.78 Å². The molecule has 0 spiro atoms. The largest absolute Gasteiger partial charge is 0.480 e. The van der Waals surface area contributed by atoms with Crippen LogP contribution in [0.1, 0.15) is 33.1 Å². The summed E-state index contributed by atoms with van der Waals surface area (Å²) in [5, 5.41) is 12.3. The minimum absolute atomic E-state index is 0.00646. The highest BCUT2D eigenvalue weighted by atomic mass is 16.4. The molecule has 1 heterocycles. The summed E-state index contributed by atoms with van der Waals surface area (Å²) in [7, 11) is 0. The first-order chi connectivity index (χ1) is 11.4. The Labute approximate surface area is 139 Å². The van der Waals surface area contributed by atoms with Gasteiger partial charge in [0.25, 0.3) is 5.56 Å². The van der Waals surface area contributed by atoms with Crippen LogP contribution in [0.2, 0.25) is 0 Å². The molecule has 0 saturated heterocycles. The predicted octanol–water partition coefficient (Wildman–Crippen LogP) is 1.55. The van der Waals surface area contributed by atoms with Crippen LogP contribution in [0.25, 0.3) is 10.9 Å². The van der Waals surface area contributed by atoms with Crippen LogP contribution in [0.4, 0.5) is 0 Å². The normalized spacial score (nSPS) is 13.4. The quantitative estimate of drug-likeness (QED) is 0.801. The minimum atomic E-state index is -1.29. The molecule has 0 bridgehead atoms. The van der Waals surface area contributed by atoms with Crippen LogP contribution in [0.5, 0.6) is 0 Å². The van der Waals surface area contributed by atoms with Gasteiger partial charge in [-0.3, -0.25) is 14.2 Å². The number of rotatable bonds is 7. The second-order valence-corrected chi connectivity index (χ2v) is 5.95. The van der Waals surface area contributed by atoms with Gasteiger partial charge in [0.15, 0.2) is 0 Å². The molecular weight excluding hydrogens is 310 g/mol. The number of carbonyl (C=O) groups is 2. The zero-order chi connectivity index (χ0) is 17.7. The Morgan fingerprint density at radius 2 is 2.04 bits per heavy atom. The van der Waals surface area contributed by atoms with Crippen LogP contribution < -0.4 is 10.9 Å². The second-order valence-electron chi connectivity index (χ2n) is 5.95. The van der Waals surface area contributed by atoms with Crippen molar-refractivity contribution in [2.24, 2.45) is 0 Å². The van der Waals surface area contributed by atoms with E-state index in [1.54, 1.807) is 24.3 Å². The van der Waals surface area contributed by atoms with Gasteiger partial charge in [-0.2, -0.15) is 0 Å². The molecule has 128 valence electrons. The lowest BCUT2D eigenvalue weighted by molar-refractivity contribution is -0.147. The average molecular weight is 331 g/mol. The third kappa shape index (κ3) is 3.79. The maximum absolute atomic E-state index is 12.3. The van der Waals surface area contributed by atoms with E-state index in [0.717, 1.165) is 0 Å². The SMILES string of the molecule is CCCC(C)(NC(=O)CCn1cnc2ccccc2c1=O)C(=O)O. The number of nitrogens with zero attached hydrogens (tertiary/aromatic N) is 2. The lowest BCUT2D eigenvalue weighted by Crippen LogP contribution is -2.52. The molecule has 1 aromatic heterocycles. The van der Waals surface area contributed by atoms with Crippen LogP contribution in [-0.4, -0.2) is 32.1 Å². The maximum atomic E-state index is 12.3. The van der Waals surface area contributed by atoms with E-state index in [-0.39, 0.29) is 18.5 Å². The van der Waals surface area contributed by atoms with E-state index < -0.39 is 17.4 Å². The fraction of sp³-hybridized carbons (Fsp3) is 0.412. The Hall–Kier alpha value is -2.70. The van der Waals surface area contributed by atoms with Crippen molar-refractivity contribution in [1.82, 2.24) is 14.9 Å². The summed E-state index contributed by atoms with van der Waals surface area (Å²) in [6.45, 7) is 3.48. The first kappa shape index (κ1) is 17.7. The summed E-state index contributed by atoms with van der Waals surface area (Å²) in [5.74, 6) is -1.48. The third-order valence-electron chi connectivity index (χ3n) is 3.95. The predicted molar refractivity (Wildman–Crippen MR) is 89.7 cm³/mol. The molecule has 2 N–H and O–H groups in total. The van der Waals surface area contributed by atoms with Crippen molar-refractivity contribution in [3.8, 4) is 0 Å². The molecular formula is C17H21N3O4. The molecule has 0 aliphatic heterocycles. The first-order valence-electron chi connectivity index (χ1n) is 7.86. The Bertz CT molecular complexity index is 815. The molecule has 2 aromatic rings. The minimum Gasteiger partial charge on any atom is -0.480 e. The topological polar surface area (TPSA) is 101 Å². The molecule has 7 nitrogen and oxygen atoms in total. The van der Waals surface area contributed by atoms with Crippen LogP contribution in [0.15, 0.2) is 35.4 Å². The van der Waals surface area contributed by atoms with Gasteiger partial charge in [0.1, 0.15) is 5.54 Å². The van der Waals surface area contributed by atoms with Gasteiger partial charge < -0.3 is 10.4 Å². The number of aromatic nitrogens is 2. The first-order valence-corrected chi connectivity index (χ1v) is 7.86. The van der Waals surface area contributed by atoms with Crippen LogP contribution >= 0.6 is 0 Å². The van der Waals surface area contributed by atoms with Crippen LogP contribution in [0.3, 0.4) is 0 Å². The molecule has 1 aromatic carbocycles. The number of hydrogen-bond donors (Lipinski definition) is 2. The summed E-state index contributed by atoms with van der Waals surface area (Å²) in [6.07, 6.45) is 2.38.